The van der Waals surface area contributed by atoms with Crippen LogP contribution in [0.1, 0.15) is 107 Å². The fourth-order valence-corrected chi connectivity index (χ4v) is 7.04. The molecule has 0 fully saturated rings. The second-order valence-electron chi connectivity index (χ2n) is 13.8. The Labute approximate surface area is 310 Å². The molecule has 0 aromatic heterocycles. The number of fused-ring (bicyclic) bond motifs is 2. The SMILES string of the molecule is CCCCC1=Cc2cc(F)c(-c3ccc(OC(F)(F)F)cc3)c(F)c2CC1.CCCCCCCC1=Cc2cc(F)c(-c3ccc(F)c(F)c3)c(F)c2CC1. The number of ether oxygens (including phenoxy) is 1. The van der Waals surface area contributed by atoms with Crippen LogP contribution in [0.3, 0.4) is 0 Å². The van der Waals surface area contributed by atoms with Crippen LogP contribution in [0.15, 0.2) is 65.7 Å². The number of unbranched alkanes of at least 4 members (excludes halogenated alkanes) is 5. The van der Waals surface area contributed by atoms with Gasteiger partial charge in [-0.2, -0.15) is 0 Å². The lowest BCUT2D eigenvalue weighted by atomic mass is 9.87. The number of hydrogen-bond acceptors (Lipinski definition) is 1. The highest BCUT2D eigenvalue weighted by Gasteiger charge is 2.31. The summed E-state index contributed by atoms with van der Waals surface area (Å²) in [7, 11) is 0. The Kier molecular flexibility index (Phi) is 13.8. The average Bonchev–Trinajstić information content (AvgIpc) is 3.12. The van der Waals surface area contributed by atoms with E-state index in [4.69, 9.17) is 0 Å². The summed E-state index contributed by atoms with van der Waals surface area (Å²) in [5, 5.41) is 0. The maximum atomic E-state index is 15.0. The lowest BCUT2D eigenvalue weighted by molar-refractivity contribution is -0.274. The molecule has 0 spiro atoms. The molecule has 54 heavy (non-hydrogen) atoms. The zero-order chi connectivity index (χ0) is 39.0. The molecule has 2 aliphatic rings. The van der Waals surface area contributed by atoms with Crippen LogP contribution in [0.5, 0.6) is 5.75 Å². The van der Waals surface area contributed by atoms with E-state index in [9.17, 15) is 39.5 Å². The summed E-state index contributed by atoms with van der Waals surface area (Å²) in [4.78, 5) is 0. The zero-order valence-corrected chi connectivity index (χ0v) is 30.4. The molecule has 1 nitrogen and oxygen atoms in total. The van der Waals surface area contributed by atoms with Gasteiger partial charge >= 0.3 is 6.36 Å². The number of benzene rings is 4. The van der Waals surface area contributed by atoms with E-state index in [1.807, 2.05) is 12.2 Å². The first-order valence-corrected chi connectivity index (χ1v) is 18.5. The molecule has 0 unspecified atom stereocenters. The molecular formula is C44H43F9O. The molecule has 0 radical (unpaired) electrons. The third-order valence-electron chi connectivity index (χ3n) is 9.86. The summed E-state index contributed by atoms with van der Waals surface area (Å²) >= 11 is 0. The highest BCUT2D eigenvalue weighted by atomic mass is 19.4. The molecule has 0 heterocycles. The summed E-state index contributed by atoms with van der Waals surface area (Å²) < 4.78 is 126. The Balaban J connectivity index is 0.000000208. The van der Waals surface area contributed by atoms with E-state index in [-0.39, 0.29) is 22.3 Å². The fourth-order valence-electron chi connectivity index (χ4n) is 7.04. The summed E-state index contributed by atoms with van der Waals surface area (Å²) in [5.41, 5.74) is 4.08. The maximum Gasteiger partial charge on any atom is 0.573 e. The van der Waals surface area contributed by atoms with Gasteiger partial charge in [0.2, 0.25) is 0 Å². The first-order chi connectivity index (χ1) is 25.8. The molecule has 2 aliphatic carbocycles. The highest BCUT2D eigenvalue weighted by Crippen LogP contribution is 2.38. The first kappa shape index (κ1) is 40.7. The molecule has 0 bridgehead atoms. The predicted molar refractivity (Wildman–Crippen MR) is 196 cm³/mol. The first-order valence-electron chi connectivity index (χ1n) is 18.5. The van der Waals surface area contributed by atoms with E-state index in [2.05, 4.69) is 18.6 Å². The summed E-state index contributed by atoms with van der Waals surface area (Å²) in [6.45, 7) is 4.27. The lowest BCUT2D eigenvalue weighted by Crippen LogP contribution is -2.17. The Morgan fingerprint density at radius 3 is 1.54 bits per heavy atom. The average molecular weight is 759 g/mol. The number of halogens is 9. The number of alkyl halides is 3. The van der Waals surface area contributed by atoms with Gasteiger partial charge in [0.15, 0.2) is 11.6 Å². The molecule has 288 valence electrons. The summed E-state index contributed by atoms with van der Waals surface area (Å²) in [6, 6.07) is 10.1. The van der Waals surface area contributed by atoms with Crippen LogP contribution >= 0.6 is 0 Å². The molecule has 6 rings (SSSR count). The molecule has 0 aliphatic heterocycles. The Morgan fingerprint density at radius 2 is 1.02 bits per heavy atom. The third kappa shape index (κ3) is 10.2. The highest BCUT2D eigenvalue weighted by molar-refractivity contribution is 5.73. The van der Waals surface area contributed by atoms with Gasteiger partial charge in [0, 0.05) is 0 Å². The molecule has 4 aromatic carbocycles. The third-order valence-corrected chi connectivity index (χ3v) is 9.86. The molecule has 0 N–H and O–H groups in total. The van der Waals surface area contributed by atoms with Crippen molar-refractivity contribution >= 4 is 12.2 Å². The van der Waals surface area contributed by atoms with Crippen molar-refractivity contribution in [3.05, 3.63) is 123 Å². The van der Waals surface area contributed by atoms with Crippen LogP contribution < -0.4 is 4.74 Å². The number of allylic oxidation sites excluding steroid dienone is 2. The van der Waals surface area contributed by atoms with Crippen LogP contribution in [0.25, 0.3) is 34.4 Å². The van der Waals surface area contributed by atoms with E-state index in [0.29, 0.717) is 35.1 Å². The van der Waals surface area contributed by atoms with E-state index >= 15 is 0 Å². The molecule has 0 saturated heterocycles. The van der Waals surface area contributed by atoms with Gasteiger partial charge in [-0.1, -0.05) is 87.4 Å². The van der Waals surface area contributed by atoms with Crippen molar-refractivity contribution in [2.24, 2.45) is 0 Å². The Hall–Kier alpha value is -4.47. The van der Waals surface area contributed by atoms with Gasteiger partial charge in [-0.3, -0.25) is 0 Å². The van der Waals surface area contributed by atoms with Crippen molar-refractivity contribution < 1.29 is 44.3 Å². The Morgan fingerprint density at radius 1 is 0.519 bits per heavy atom. The predicted octanol–water partition coefficient (Wildman–Crippen LogP) is 14.7. The van der Waals surface area contributed by atoms with Crippen LogP contribution in [-0.2, 0) is 12.8 Å². The molecular weight excluding hydrogens is 715 g/mol. The molecule has 0 saturated carbocycles. The lowest BCUT2D eigenvalue weighted by Gasteiger charge is -2.20. The van der Waals surface area contributed by atoms with Gasteiger partial charge in [-0.05, 0) is 121 Å². The maximum absolute atomic E-state index is 15.0. The van der Waals surface area contributed by atoms with Crippen LogP contribution in [-0.4, -0.2) is 6.36 Å². The zero-order valence-electron chi connectivity index (χ0n) is 30.4. The van der Waals surface area contributed by atoms with Crippen molar-refractivity contribution in [2.45, 2.75) is 104 Å². The van der Waals surface area contributed by atoms with Crippen molar-refractivity contribution in [2.75, 3.05) is 0 Å². The van der Waals surface area contributed by atoms with Gasteiger partial charge < -0.3 is 4.74 Å². The fraction of sp³-hybridized carbons (Fsp3) is 0.364. The minimum atomic E-state index is -4.81. The van der Waals surface area contributed by atoms with E-state index < -0.39 is 47.0 Å². The Bertz CT molecular complexity index is 1990. The van der Waals surface area contributed by atoms with Crippen LogP contribution in [0.4, 0.5) is 39.5 Å². The minimum absolute atomic E-state index is 0.0115. The van der Waals surface area contributed by atoms with Crippen LogP contribution in [0, 0.1) is 34.9 Å². The normalized spacial score (nSPS) is 13.7. The van der Waals surface area contributed by atoms with Crippen molar-refractivity contribution in [1.82, 2.24) is 0 Å². The monoisotopic (exact) mass is 758 g/mol. The van der Waals surface area contributed by atoms with Crippen LogP contribution in [0.2, 0.25) is 0 Å². The number of hydrogen-bond donors (Lipinski definition) is 0. The quantitative estimate of drug-likeness (QED) is 0.103. The van der Waals surface area contributed by atoms with E-state index in [1.165, 1.54) is 67.2 Å². The largest absolute Gasteiger partial charge is 0.573 e. The van der Waals surface area contributed by atoms with Crippen molar-refractivity contribution in [1.29, 1.82) is 0 Å². The van der Waals surface area contributed by atoms with Gasteiger partial charge in [0.25, 0.3) is 0 Å². The van der Waals surface area contributed by atoms with Gasteiger partial charge in [-0.25, -0.2) is 26.3 Å². The summed E-state index contributed by atoms with van der Waals surface area (Å²) in [6.07, 6.45) is 11.3. The van der Waals surface area contributed by atoms with E-state index in [0.717, 1.165) is 69.2 Å². The minimum Gasteiger partial charge on any atom is -0.406 e. The topological polar surface area (TPSA) is 9.23 Å². The number of rotatable bonds is 12. The van der Waals surface area contributed by atoms with Crippen molar-refractivity contribution in [3.8, 4) is 28.0 Å². The smallest absolute Gasteiger partial charge is 0.406 e. The van der Waals surface area contributed by atoms with E-state index in [1.54, 1.807) is 0 Å². The van der Waals surface area contributed by atoms with Gasteiger partial charge in [0.05, 0.1) is 11.1 Å². The standard InChI is InChI=1S/C23H24F4.C21H19F5O/c1-2-3-4-5-6-7-15-8-10-18-17(12-15)14-21(26)22(23(18)27)16-9-11-19(24)20(25)13-16;1-2-3-4-13-5-10-17-15(11-13)12-18(22)19(20(17)23)14-6-8-16(9-7-14)27-21(24,25)26/h9,11-14H,2-8,10H2,1H3;6-9,11-12H,2-5,10H2,1H3. The van der Waals surface area contributed by atoms with Gasteiger partial charge in [-0.15, -0.1) is 13.2 Å². The molecule has 10 heteroatoms. The van der Waals surface area contributed by atoms with Gasteiger partial charge in [0.1, 0.15) is 29.0 Å². The second-order valence-corrected chi connectivity index (χ2v) is 13.8. The summed E-state index contributed by atoms with van der Waals surface area (Å²) in [5.74, 6) is -5.40. The molecule has 4 aromatic rings. The molecule has 0 amide bonds. The van der Waals surface area contributed by atoms with Crippen molar-refractivity contribution in [3.63, 3.8) is 0 Å². The second kappa shape index (κ2) is 18.2. The molecule has 0 atom stereocenters.